The molecule has 0 bridgehead atoms. The molecule has 3 heterocycles. The molecule has 1 saturated heterocycles. The number of hydrogen-bond donors (Lipinski definition) is 1. The Morgan fingerprint density at radius 1 is 1.21 bits per heavy atom. The van der Waals surface area contributed by atoms with E-state index in [0.717, 1.165) is 5.69 Å². The van der Waals surface area contributed by atoms with Crippen LogP contribution in [0.4, 0.5) is 18.9 Å². The van der Waals surface area contributed by atoms with Crippen molar-refractivity contribution in [3.8, 4) is 5.75 Å². The van der Waals surface area contributed by atoms with Crippen LogP contribution in [0.15, 0.2) is 30.7 Å². The van der Waals surface area contributed by atoms with E-state index in [4.69, 9.17) is 9.47 Å². The van der Waals surface area contributed by atoms with Gasteiger partial charge in [0.15, 0.2) is 0 Å². The van der Waals surface area contributed by atoms with Crippen LogP contribution in [-0.2, 0) is 4.74 Å². The lowest BCUT2D eigenvalue weighted by Crippen LogP contribution is -2.38. The van der Waals surface area contributed by atoms with Crippen molar-refractivity contribution in [2.45, 2.75) is 44.9 Å². The number of hydrogen-bond acceptors (Lipinski definition) is 6. The first-order valence-electron chi connectivity index (χ1n) is 11.4. The molecule has 7 nitrogen and oxygen atoms in total. The smallest absolute Gasteiger partial charge is 0.391 e. The number of halogens is 3. The summed E-state index contributed by atoms with van der Waals surface area (Å²) in [6, 6.07) is 3.42. The number of aromatic nitrogens is 2. The van der Waals surface area contributed by atoms with Crippen LogP contribution in [-0.4, -0.2) is 53.5 Å². The molecule has 1 aliphatic carbocycles. The largest absolute Gasteiger partial charge is 0.492 e. The fraction of sp³-hybridized carbons (Fsp3) is 0.542. The van der Waals surface area contributed by atoms with Crippen molar-refractivity contribution in [1.29, 1.82) is 0 Å². The van der Waals surface area contributed by atoms with Gasteiger partial charge in [0.25, 0.3) is 0 Å². The standard InChI is InChI=1S/C24H28F3N3O4/c1-15-10-29-21(9-20(15)23(31)32)22-13-30(6-7-33-22)18-8-19(12-28-11-18)34-14-16-2-4-17(5-3-16)24(25,26)27/h8-12,16-17,22H,2-7,13-14H2,1H3,(H,31,32)/t16-,17-,22?. The molecule has 1 saturated carbocycles. The summed E-state index contributed by atoms with van der Waals surface area (Å²) < 4.78 is 50.3. The minimum atomic E-state index is -4.11. The number of carbonyl (C=O) groups is 1. The Hall–Kier alpha value is -2.88. The number of nitrogens with zero attached hydrogens (tertiary/aromatic N) is 3. The summed E-state index contributed by atoms with van der Waals surface area (Å²) in [5, 5.41) is 9.39. The first-order valence-corrected chi connectivity index (χ1v) is 11.4. The number of aryl methyl sites for hydroxylation is 1. The van der Waals surface area contributed by atoms with E-state index in [-0.39, 0.29) is 30.4 Å². The number of carboxylic acids is 1. The monoisotopic (exact) mass is 479 g/mol. The predicted molar refractivity (Wildman–Crippen MR) is 118 cm³/mol. The van der Waals surface area contributed by atoms with Crippen LogP contribution in [0.2, 0.25) is 0 Å². The lowest BCUT2D eigenvalue weighted by atomic mass is 9.82. The van der Waals surface area contributed by atoms with E-state index in [9.17, 15) is 23.1 Å². The van der Waals surface area contributed by atoms with E-state index in [2.05, 4.69) is 14.9 Å². The molecule has 1 aliphatic heterocycles. The van der Waals surface area contributed by atoms with Gasteiger partial charge in [-0.1, -0.05) is 0 Å². The molecule has 2 fully saturated rings. The number of pyridine rings is 2. The third-order valence-electron chi connectivity index (χ3n) is 6.61. The maximum atomic E-state index is 12.9. The van der Waals surface area contributed by atoms with Crippen LogP contribution in [0.1, 0.15) is 53.4 Å². The van der Waals surface area contributed by atoms with E-state index in [0.29, 0.717) is 56.2 Å². The molecule has 0 spiro atoms. The lowest BCUT2D eigenvalue weighted by Gasteiger charge is -2.34. The topological polar surface area (TPSA) is 84.8 Å². The summed E-state index contributed by atoms with van der Waals surface area (Å²) in [4.78, 5) is 22.2. The molecule has 0 amide bonds. The lowest BCUT2D eigenvalue weighted by molar-refractivity contribution is -0.184. The Balaban J connectivity index is 1.36. The van der Waals surface area contributed by atoms with Crippen molar-refractivity contribution in [2.75, 3.05) is 31.2 Å². The van der Waals surface area contributed by atoms with Crippen molar-refractivity contribution in [2.24, 2.45) is 11.8 Å². The summed E-state index contributed by atoms with van der Waals surface area (Å²) in [7, 11) is 0. The number of carboxylic acid groups (broad SMARTS) is 1. The molecule has 1 N–H and O–H groups in total. The average Bonchev–Trinajstić information content (AvgIpc) is 2.83. The van der Waals surface area contributed by atoms with E-state index in [1.54, 1.807) is 31.6 Å². The van der Waals surface area contributed by atoms with Crippen molar-refractivity contribution in [1.82, 2.24) is 9.97 Å². The molecule has 0 radical (unpaired) electrons. The Morgan fingerprint density at radius 3 is 2.68 bits per heavy atom. The van der Waals surface area contributed by atoms with Gasteiger partial charge < -0.3 is 19.5 Å². The highest BCUT2D eigenvalue weighted by molar-refractivity contribution is 5.89. The quantitative estimate of drug-likeness (QED) is 0.637. The number of alkyl halides is 3. The summed E-state index contributed by atoms with van der Waals surface area (Å²) in [5.41, 5.74) is 2.18. The minimum Gasteiger partial charge on any atom is -0.492 e. The molecular formula is C24H28F3N3O4. The number of anilines is 1. The summed E-state index contributed by atoms with van der Waals surface area (Å²) in [5.74, 6) is -1.53. The van der Waals surface area contributed by atoms with E-state index >= 15 is 0 Å². The molecule has 2 aromatic heterocycles. The maximum absolute atomic E-state index is 12.9. The van der Waals surface area contributed by atoms with Gasteiger partial charge in [0, 0.05) is 18.8 Å². The van der Waals surface area contributed by atoms with Gasteiger partial charge in [-0.15, -0.1) is 0 Å². The van der Waals surface area contributed by atoms with Gasteiger partial charge in [0.1, 0.15) is 11.9 Å². The number of rotatable bonds is 6. The SMILES string of the molecule is Cc1cnc(C2CN(c3cncc(OC[C@H]4CC[C@H](C(F)(F)F)CC4)c3)CCO2)cc1C(=O)O. The fourth-order valence-electron chi connectivity index (χ4n) is 4.54. The second-order valence-electron chi connectivity index (χ2n) is 8.98. The molecule has 10 heteroatoms. The Kier molecular flexibility index (Phi) is 7.25. The number of ether oxygens (including phenoxy) is 2. The van der Waals surface area contributed by atoms with Crippen LogP contribution in [0.25, 0.3) is 0 Å². The van der Waals surface area contributed by atoms with Gasteiger partial charge >= 0.3 is 12.1 Å². The number of aromatic carboxylic acids is 1. The fourth-order valence-corrected chi connectivity index (χ4v) is 4.54. The second-order valence-corrected chi connectivity index (χ2v) is 8.98. The zero-order valence-corrected chi connectivity index (χ0v) is 18.9. The van der Waals surface area contributed by atoms with Gasteiger partial charge in [-0.3, -0.25) is 9.97 Å². The van der Waals surface area contributed by atoms with Crippen LogP contribution in [0.5, 0.6) is 5.75 Å². The highest BCUT2D eigenvalue weighted by Crippen LogP contribution is 2.39. The van der Waals surface area contributed by atoms with Crippen molar-refractivity contribution >= 4 is 11.7 Å². The minimum absolute atomic E-state index is 0.103. The van der Waals surface area contributed by atoms with E-state index < -0.39 is 18.1 Å². The summed E-state index contributed by atoms with van der Waals surface area (Å²) >= 11 is 0. The predicted octanol–water partition coefficient (Wildman–Crippen LogP) is 4.81. The second kappa shape index (κ2) is 10.2. The molecule has 4 rings (SSSR count). The van der Waals surface area contributed by atoms with Crippen molar-refractivity contribution in [3.05, 3.63) is 47.5 Å². The van der Waals surface area contributed by atoms with Crippen LogP contribution >= 0.6 is 0 Å². The average molecular weight is 479 g/mol. The van der Waals surface area contributed by atoms with Crippen molar-refractivity contribution in [3.63, 3.8) is 0 Å². The van der Waals surface area contributed by atoms with E-state index in [1.807, 2.05) is 6.07 Å². The van der Waals surface area contributed by atoms with Gasteiger partial charge in [-0.2, -0.15) is 13.2 Å². The zero-order chi connectivity index (χ0) is 24.3. The van der Waals surface area contributed by atoms with Crippen LogP contribution < -0.4 is 9.64 Å². The molecule has 2 aromatic rings. The zero-order valence-electron chi connectivity index (χ0n) is 18.9. The Labute approximate surface area is 195 Å². The third kappa shape index (κ3) is 5.78. The van der Waals surface area contributed by atoms with Crippen LogP contribution in [0.3, 0.4) is 0 Å². The van der Waals surface area contributed by atoms with Gasteiger partial charge in [0.2, 0.25) is 0 Å². The molecule has 184 valence electrons. The summed E-state index contributed by atoms with van der Waals surface area (Å²) in [6.07, 6.45) is 1.68. The van der Waals surface area contributed by atoms with Gasteiger partial charge in [-0.05, 0) is 50.2 Å². The molecule has 1 unspecified atom stereocenters. The van der Waals surface area contributed by atoms with E-state index in [1.165, 1.54) is 0 Å². The molecule has 0 aromatic carbocycles. The van der Waals surface area contributed by atoms with Crippen molar-refractivity contribution < 1.29 is 32.5 Å². The highest BCUT2D eigenvalue weighted by Gasteiger charge is 2.41. The number of morpholine rings is 1. The normalized spacial score (nSPS) is 23.5. The van der Waals surface area contributed by atoms with Gasteiger partial charge in [0.05, 0.1) is 55.0 Å². The highest BCUT2D eigenvalue weighted by atomic mass is 19.4. The molecule has 1 atom stereocenters. The molecule has 2 aliphatic rings. The Bertz CT molecular complexity index is 1010. The first-order chi connectivity index (χ1) is 16.2. The third-order valence-corrected chi connectivity index (χ3v) is 6.61. The Morgan fingerprint density at radius 2 is 1.97 bits per heavy atom. The van der Waals surface area contributed by atoms with Gasteiger partial charge in [-0.25, -0.2) is 4.79 Å². The first kappa shape index (κ1) is 24.3. The maximum Gasteiger partial charge on any atom is 0.391 e. The molecular weight excluding hydrogens is 451 g/mol. The molecule has 34 heavy (non-hydrogen) atoms. The van der Waals surface area contributed by atoms with Crippen LogP contribution in [0, 0.1) is 18.8 Å². The summed E-state index contributed by atoms with van der Waals surface area (Å²) in [6.45, 7) is 3.61.